The molecule has 1 fully saturated rings. The monoisotopic (exact) mass is 375 g/mol. The Morgan fingerprint density at radius 3 is 2.60 bits per heavy atom. The van der Waals surface area contributed by atoms with Gasteiger partial charge < -0.3 is 4.74 Å². The summed E-state index contributed by atoms with van der Waals surface area (Å²) < 4.78 is 5.84. The Bertz CT molecular complexity index is 778. The number of ether oxygens (including phenoxy) is 1. The molecule has 2 unspecified atom stereocenters. The van der Waals surface area contributed by atoms with Crippen molar-refractivity contribution in [3.63, 3.8) is 0 Å². The van der Waals surface area contributed by atoms with Gasteiger partial charge in [-0.3, -0.25) is 14.9 Å². The molecule has 2 amide bonds. The van der Waals surface area contributed by atoms with Gasteiger partial charge in [-0.2, -0.15) is 0 Å². The van der Waals surface area contributed by atoms with Gasteiger partial charge in [0.15, 0.2) is 0 Å². The molecule has 1 heterocycles. The fourth-order valence-electron chi connectivity index (χ4n) is 2.59. The van der Waals surface area contributed by atoms with E-state index in [4.69, 9.17) is 16.3 Å². The molecule has 0 radical (unpaired) electrons. The highest BCUT2D eigenvalue weighted by Crippen LogP contribution is 2.25. The van der Waals surface area contributed by atoms with Crippen molar-refractivity contribution in [1.82, 2.24) is 5.32 Å². The summed E-state index contributed by atoms with van der Waals surface area (Å²) in [4.78, 5) is 22.8. The molecule has 2 atom stereocenters. The van der Waals surface area contributed by atoms with Gasteiger partial charge in [0.2, 0.25) is 5.91 Å². The number of imide groups is 1. The molecule has 1 aliphatic rings. The van der Waals surface area contributed by atoms with Crippen LogP contribution in [0.4, 0.5) is 4.79 Å². The third-order valence-electron chi connectivity index (χ3n) is 4.03. The SMILES string of the molecule is CC(COc1ccc(CC2SC(=O)NC2=O)cc1)c1cccc(Cl)c1. The number of nitrogens with one attached hydrogen (secondary N) is 1. The van der Waals surface area contributed by atoms with Crippen LogP contribution in [0.1, 0.15) is 24.0 Å². The van der Waals surface area contributed by atoms with E-state index in [2.05, 4.69) is 12.2 Å². The van der Waals surface area contributed by atoms with Crippen LogP contribution in [-0.4, -0.2) is 23.0 Å². The number of halogens is 1. The Balaban J connectivity index is 1.54. The van der Waals surface area contributed by atoms with Gasteiger partial charge in [-0.25, -0.2) is 0 Å². The van der Waals surface area contributed by atoms with E-state index in [1.54, 1.807) is 0 Å². The van der Waals surface area contributed by atoms with E-state index in [9.17, 15) is 9.59 Å². The van der Waals surface area contributed by atoms with Crippen molar-refractivity contribution in [3.8, 4) is 5.75 Å². The first kappa shape index (κ1) is 17.8. The van der Waals surface area contributed by atoms with Crippen molar-refractivity contribution in [1.29, 1.82) is 0 Å². The Morgan fingerprint density at radius 1 is 1.20 bits per heavy atom. The van der Waals surface area contributed by atoms with Crippen LogP contribution in [0.3, 0.4) is 0 Å². The van der Waals surface area contributed by atoms with Gasteiger partial charge in [-0.1, -0.05) is 54.6 Å². The normalized spacial score (nSPS) is 18.1. The summed E-state index contributed by atoms with van der Waals surface area (Å²) in [6.45, 7) is 2.64. The summed E-state index contributed by atoms with van der Waals surface area (Å²) in [7, 11) is 0. The lowest BCUT2D eigenvalue weighted by Crippen LogP contribution is -2.25. The molecule has 25 heavy (non-hydrogen) atoms. The molecule has 0 aromatic heterocycles. The summed E-state index contributed by atoms with van der Waals surface area (Å²) in [5.41, 5.74) is 2.13. The average Bonchev–Trinajstić information content (AvgIpc) is 2.91. The maximum Gasteiger partial charge on any atom is 0.286 e. The van der Waals surface area contributed by atoms with Gasteiger partial charge in [-0.15, -0.1) is 0 Å². The Kier molecular flexibility index (Phi) is 5.66. The van der Waals surface area contributed by atoms with Crippen molar-refractivity contribution >= 4 is 34.5 Å². The highest BCUT2D eigenvalue weighted by molar-refractivity contribution is 8.15. The van der Waals surface area contributed by atoms with Crippen molar-refractivity contribution in [2.75, 3.05) is 6.61 Å². The lowest BCUT2D eigenvalue weighted by atomic mass is 10.0. The van der Waals surface area contributed by atoms with Gasteiger partial charge >= 0.3 is 0 Å². The minimum Gasteiger partial charge on any atom is -0.493 e. The van der Waals surface area contributed by atoms with E-state index in [0.717, 1.165) is 33.7 Å². The van der Waals surface area contributed by atoms with E-state index >= 15 is 0 Å². The molecule has 1 N–H and O–H groups in total. The molecule has 0 aliphatic carbocycles. The lowest BCUT2D eigenvalue weighted by molar-refractivity contribution is -0.118. The van der Waals surface area contributed by atoms with Crippen molar-refractivity contribution in [3.05, 3.63) is 64.7 Å². The molecule has 6 heteroatoms. The maximum absolute atomic E-state index is 11.6. The van der Waals surface area contributed by atoms with Crippen LogP contribution in [0.2, 0.25) is 5.02 Å². The van der Waals surface area contributed by atoms with Crippen LogP contribution in [0.5, 0.6) is 5.75 Å². The smallest absolute Gasteiger partial charge is 0.286 e. The Hall–Kier alpha value is -1.98. The predicted octanol–water partition coefficient (Wildman–Crippen LogP) is 4.42. The summed E-state index contributed by atoms with van der Waals surface area (Å²) in [5.74, 6) is 0.783. The number of hydrogen-bond acceptors (Lipinski definition) is 4. The van der Waals surface area contributed by atoms with Crippen molar-refractivity contribution < 1.29 is 14.3 Å². The van der Waals surface area contributed by atoms with Gasteiger partial charge in [-0.05, 0) is 41.8 Å². The van der Waals surface area contributed by atoms with Gasteiger partial charge in [0.05, 0.1) is 11.9 Å². The summed E-state index contributed by atoms with van der Waals surface area (Å²) in [5, 5.41) is 2.41. The zero-order chi connectivity index (χ0) is 17.8. The molecule has 130 valence electrons. The number of hydrogen-bond donors (Lipinski definition) is 1. The Labute approximate surface area is 155 Å². The molecule has 0 saturated carbocycles. The molecular formula is C19H18ClNO3S. The summed E-state index contributed by atoms with van der Waals surface area (Å²) >= 11 is 7.06. The van der Waals surface area contributed by atoms with E-state index in [1.165, 1.54) is 0 Å². The van der Waals surface area contributed by atoms with Crippen molar-refractivity contribution in [2.45, 2.75) is 24.5 Å². The number of thioether (sulfide) groups is 1. The Morgan fingerprint density at radius 2 is 1.96 bits per heavy atom. The van der Waals surface area contributed by atoms with Gasteiger partial charge in [0.1, 0.15) is 5.75 Å². The number of rotatable bonds is 6. The predicted molar refractivity (Wildman–Crippen MR) is 100 cm³/mol. The van der Waals surface area contributed by atoms with E-state index < -0.39 is 0 Å². The summed E-state index contributed by atoms with van der Waals surface area (Å²) in [6, 6.07) is 15.4. The molecule has 1 aliphatic heterocycles. The quantitative estimate of drug-likeness (QED) is 0.812. The number of benzene rings is 2. The fourth-order valence-corrected chi connectivity index (χ4v) is 3.65. The molecule has 3 rings (SSSR count). The number of carbonyl (C=O) groups is 2. The highest BCUT2D eigenvalue weighted by Gasteiger charge is 2.31. The molecule has 1 saturated heterocycles. The minimum atomic E-state index is -0.345. The van der Waals surface area contributed by atoms with Crippen LogP contribution < -0.4 is 10.1 Å². The van der Waals surface area contributed by atoms with Crippen LogP contribution in [0, 0.1) is 0 Å². The standard InChI is InChI=1S/C19H18ClNO3S/c1-12(14-3-2-4-15(20)10-14)11-24-16-7-5-13(6-8-16)9-17-18(22)21-19(23)25-17/h2-8,10,12,17H,9,11H2,1H3,(H,21,22,23). The zero-order valence-corrected chi connectivity index (χ0v) is 15.3. The van der Waals surface area contributed by atoms with Crippen LogP contribution in [0.25, 0.3) is 0 Å². The molecule has 4 nitrogen and oxygen atoms in total. The molecule has 2 aromatic rings. The maximum atomic E-state index is 11.6. The van der Waals surface area contributed by atoms with Crippen LogP contribution in [0.15, 0.2) is 48.5 Å². The number of amides is 2. The average molecular weight is 376 g/mol. The minimum absolute atomic E-state index is 0.217. The molecule has 0 spiro atoms. The molecule has 0 bridgehead atoms. The van der Waals surface area contributed by atoms with E-state index in [-0.39, 0.29) is 22.3 Å². The van der Waals surface area contributed by atoms with Gasteiger partial charge in [0.25, 0.3) is 5.24 Å². The first-order valence-electron chi connectivity index (χ1n) is 8.00. The molecular weight excluding hydrogens is 358 g/mol. The van der Waals surface area contributed by atoms with E-state index in [0.29, 0.717) is 13.0 Å². The topological polar surface area (TPSA) is 55.4 Å². The zero-order valence-electron chi connectivity index (χ0n) is 13.7. The lowest BCUT2D eigenvalue weighted by Gasteiger charge is -2.14. The van der Waals surface area contributed by atoms with Crippen molar-refractivity contribution in [2.24, 2.45) is 0 Å². The fraction of sp³-hybridized carbons (Fsp3) is 0.263. The summed E-state index contributed by atoms with van der Waals surface area (Å²) in [6.07, 6.45) is 0.529. The largest absolute Gasteiger partial charge is 0.493 e. The second-order valence-electron chi connectivity index (χ2n) is 6.00. The second kappa shape index (κ2) is 7.93. The van der Waals surface area contributed by atoms with E-state index in [1.807, 2.05) is 48.5 Å². The second-order valence-corrected chi connectivity index (χ2v) is 7.61. The third kappa shape index (κ3) is 4.77. The molecule has 2 aromatic carbocycles. The van der Waals surface area contributed by atoms with Crippen LogP contribution >= 0.6 is 23.4 Å². The number of carbonyl (C=O) groups excluding carboxylic acids is 2. The van der Waals surface area contributed by atoms with Crippen LogP contribution in [-0.2, 0) is 11.2 Å². The highest BCUT2D eigenvalue weighted by atomic mass is 35.5. The first-order chi connectivity index (χ1) is 12.0. The first-order valence-corrected chi connectivity index (χ1v) is 9.25. The third-order valence-corrected chi connectivity index (χ3v) is 5.25. The van der Waals surface area contributed by atoms with Gasteiger partial charge in [0, 0.05) is 10.9 Å².